The predicted octanol–water partition coefficient (Wildman–Crippen LogP) is 3.48. The van der Waals surface area contributed by atoms with Crippen molar-refractivity contribution in [3.63, 3.8) is 0 Å². The molecule has 2 fully saturated rings. The van der Waals surface area contributed by atoms with Gasteiger partial charge in [-0.2, -0.15) is 5.10 Å². The van der Waals surface area contributed by atoms with Gasteiger partial charge in [0, 0.05) is 50.3 Å². The maximum absolute atomic E-state index is 14.1. The Bertz CT molecular complexity index is 1120. The number of amides is 2. The second-order valence-corrected chi connectivity index (χ2v) is 10.4. The first-order valence-corrected chi connectivity index (χ1v) is 13.1. The third-order valence-electron chi connectivity index (χ3n) is 7.20. The molecule has 0 saturated carbocycles. The van der Waals surface area contributed by atoms with Crippen molar-refractivity contribution in [2.24, 2.45) is 0 Å². The lowest BCUT2D eigenvalue weighted by atomic mass is 10.1. The topological polar surface area (TPSA) is 76.9 Å². The molecular formula is C26H32ClFN4O4. The fourth-order valence-electron chi connectivity index (χ4n) is 5.52. The number of para-hydroxylation sites is 1. The summed E-state index contributed by atoms with van der Waals surface area (Å²) in [5.74, 6) is -0.537. The SMILES string of the molecule is C[C@@H]1CN(C(=O)c2nn(CC(=O)N3CCC(Oc4c(F)cccc4Cl)CC3)c3c2CCC3)C[C@H](C)O1. The van der Waals surface area contributed by atoms with Crippen molar-refractivity contribution in [2.45, 2.75) is 70.8 Å². The lowest BCUT2D eigenvalue weighted by Gasteiger charge is -2.35. The molecule has 2 amide bonds. The van der Waals surface area contributed by atoms with Gasteiger partial charge in [0.25, 0.3) is 5.91 Å². The van der Waals surface area contributed by atoms with Crippen molar-refractivity contribution in [1.82, 2.24) is 19.6 Å². The number of morpholine rings is 1. The molecule has 3 aliphatic rings. The third kappa shape index (κ3) is 5.09. The van der Waals surface area contributed by atoms with Crippen molar-refractivity contribution in [3.8, 4) is 5.75 Å². The third-order valence-corrected chi connectivity index (χ3v) is 7.50. The average molecular weight is 519 g/mol. The van der Waals surface area contributed by atoms with Gasteiger partial charge >= 0.3 is 0 Å². The monoisotopic (exact) mass is 518 g/mol. The summed E-state index contributed by atoms with van der Waals surface area (Å²) in [5, 5.41) is 4.88. The number of carbonyl (C=O) groups excluding carboxylic acids is 2. The van der Waals surface area contributed by atoms with Crippen molar-refractivity contribution in [2.75, 3.05) is 26.2 Å². The first kappa shape index (κ1) is 25.0. The van der Waals surface area contributed by atoms with E-state index in [-0.39, 0.29) is 47.4 Å². The summed E-state index contributed by atoms with van der Waals surface area (Å²) in [6, 6.07) is 4.46. The molecule has 8 nitrogen and oxygen atoms in total. The molecule has 10 heteroatoms. The van der Waals surface area contributed by atoms with E-state index in [0.29, 0.717) is 44.7 Å². The van der Waals surface area contributed by atoms with Gasteiger partial charge in [-0.05, 0) is 45.2 Å². The standard InChI is InChI=1S/C26H32ClFN4O4/c1-16-13-31(14-17(2)35-16)26(34)24-19-5-3-8-22(19)32(29-24)15-23(33)30-11-9-18(10-12-30)36-25-20(27)6-4-7-21(25)28/h4,6-7,16-18H,3,5,8-15H2,1-2H3/t16-,17+. The molecule has 36 heavy (non-hydrogen) atoms. The fraction of sp³-hybridized carbons (Fsp3) is 0.577. The Morgan fingerprint density at radius 3 is 2.56 bits per heavy atom. The largest absolute Gasteiger partial charge is 0.486 e. The maximum atomic E-state index is 14.1. The Kier molecular flexibility index (Phi) is 7.21. The van der Waals surface area contributed by atoms with E-state index in [1.807, 2.05) is 18.7 Å². The zero-order valence-corrected chi connectivity index (χ0v) is 21.5. The Balaban J connectivity index is 1.22. The molecule has 2 atom stereocenters. The van der Waals surface area contributed by atoms with Crippen LogP contribution in [0.2, 0.25) is 5.02 Å². The summed E-state index contributed by atoms with van der Waals surface area (Å²) in [4.78, 5) is 30.1. The number of likely N-dealkylation sites (tertiary alicyclic amines) is 1. The maximum Gasteiger partial charge on any atom is 0.274 e. The van der Waals surface area contributed by atoms with Crippen LogP contribution < -0.4 is 4.74 Å². The van der Waals surface area contributed by atoms with Crippen molar-refractivity contribution in [3.05, 3.63) is 46.0 Å². The number of rotatable bonds is 5. The van der Waals surface area contributed by atoms with E-state index in [1.54, 1.807) is 21.7 Å². The van der Waals surface area contributed by atoms with E-state index in [0.717, 1.165) is 30.5 Å². The first-order chi connectivity index (χ1) is 17.3. The number of piperidine rings is 1. The van der Waals surface area contributed by atoms with Crippen LogP contribution in [0.25, 0.3) is 0 Å². The van der Waals surface area contributed by atoms with Crippen molar-refractivity contribution >= 4 is 23.4 Å². The summed E-state index contributed by atoms with van der Waals surface area (Å²) >= 11 is 6.08. The molecule has 2 saturated heterocycles. The van der Waals surface area contributed by atoms with E-state index in [9.17, 15) is 14.0 Å². The molecule has 1 aromatic carbocycles. The predicted molar refractivity (Wildman–Crippen MR) is 132 cm³/mol. The molecule has 1 aliphatic carbocycles. The van der Waals surface area contributed by atoms with Gasteiger partial charge in [0.15, 0.2) is 17.3 Å². The van der Waals surface area contributed by atoms with Crippen LogP contribution in [-0.4, -0.2) is 75.9 Å². The van der Waals surface area contributed by atoms with Crippen LogP contribution in [-0.2, 0) is 28.9 Å². The number of aromatic nitrogens is 2. The average Bonchev–Trinajstić information content (AvgIpc) is 3.45. The number of benzene rings is 1. The summed E-state index contributed by atoms with van der Waals surface area (Å²) in [5.41, 5.74) is 2.45. The van der Waals surface area contributed by atoms with Gasteiger partial charge in [0.1, 0.15) is 12.6 Å². The van der Waals surface area contributed by atoms with Gasteiger partial charge in [0.05, 0.1) is 17.2 Å². The van der Waals surface area contributed by atoms with Crippen LogP contribution in [0.1, 0.15) is 54.9 Å². The second kappa shape index (κ2) is 10.4. The van der Waals surface area contributed by atoms with E-state index in [2.05, 4.69) is 5.10 Å². The van der Waals surface area contributed by atoms with Crippen LogP contribution in [0, 0.1) is 5.82 Å². The number of carbonyl (C=O) groups is 2. The zero-order valence-electron chi connectivity index (χ0n) is 20.7. The summed E-state index contributed by atoms with van der Waals surface area (Å²) < 4.78 is 27.4. The lowest BCUT2D eigenvalue weighted by molar-refractivity contribution is -0.133. The molecule has 0 unspecified atom stereocenters. The zero-order chi connectivity index (χ0) is 25.4. The van der Waals surface area contributed by atoms with Crippen molar-refractivity contribution in [1.29, 1.82) is 0 Å². The van der Waals surface area contributed by atoms with Gasteiger partial charge in [-0.15, -0.1) is 0 Å². The van der Waals surface area contributed by atoms with Gasteiger partial charge in [-0.25, -0.2) is 4.39 Å². The van der Waals surface area contributed by atoms with E-state index in [1.165, 1.54) is 6.07 Å². The van der Waals surface area contributed by atoms with Crippen LogP contribution in [0.3, 0.4) is 0 Å². The minimum atomic E-state index is -0.486. The lowest BCUT2D eigenvalue weighted by Crippen LogP contribution is -2.48. The second-order valence-electron chi connectivity index (χ2n) is 10.0. The number of ether oxygens (including phenoxy) is 2. The van der Waals surface area contributed by atoms with E-state index in [4.69, 9.17) is 21.1 Å². The summed E-state index contributed by atoms with van der Waals surface area (Å²) in [7, 11) is 0. The molecule has 194 valence electrons. The number of fused-ring (bicyclic) bond motifs is 1. The van der Waals surface area contributed by atoms with Gasteiger partial charge in [-0.1, -0.05) is 17.7 Å². The molecule has 3 heterocycles. The number of hydrogen-bond donors (Lipinski definition) is 0. The van der Waals surface area contributed by atoms with Crippen LogP contribution in [0.5, 0.6) is 5.75 Å². The highest BCUT2D eigenvalue weighted by atomic mass is 35.5. The number of halogens is 2. The first-order valence-electron chi connectivity index (χ1n) is 12.7. The van der Waals surface area contributed by atoms with E-state index < -0.39 is 5.82 Å². The Morgan fingerprint density at radius 1 is 1.14 bits per heavy atom. The summed E-state index contributed by atoms with van der Waals surface area (Å²) in [6.45, 7) is 6.14. The van der Waals surface area contributed by atoms with Crippen LogP contribution in [0.4, 0.5) is 4.39 Å². The molecule has 1 aromatic heterocycles. The molecule has 0 bridgehead atoms. The Morgan fingerprint density at radius 2 is 1.86 bits per heavy atom. The molecule has 2 aromatic rings. The Labute approximate surface area is 215 Å². The van der Waals surface area contributed by atoms with E-state index >= 15 is 0 Å². The number of nitrogens with zero attached hydrogens (tertiary/aromatic N) is 4. The normalized spacial score (nSPS) is 22.6. The molecule has 0 radical (unpaired) electrons. The minimum absolute atomic E-state index is 0.0178. The Hall–Kier alpha value is -2.65. The highest BCUT2D eigenvalue weighted by Crippen LogP contribution is 2.31. The number of hydrogen-bond acceptors (Lipinski definition) is 5. The smallest absolute Gasteiger partial charge is 0.274 e. The molecular weight excluding hydrogens is 487 g/mol. The van der Waals surface area contributed by atoms with Gasteiger partial charge in [0.2, 0.25) is 5.91 Å². The van der Waals surface area contributed by atoms with Crippen LogP contribution in [0.15, 0.2) is 18.2 Å². The molecule has 2 aliphatic heterocycles. The molecule has 0 spiro atoms. The fourth-order valence-corrected chi connectivity index (χ4v) is 5.73. The van der Waals surface area contributed by atoms with Gasteiger partial charge < -0.3 is 19.3 Å². The summed E-state index contributed by atoms with van der Waals surface area (Å²) in [6.07, 6.45) is 3.51. The quantitative estimate of drug-likeness (QED) is 0.605. The highest BCUT2D eigenvalue weighted by molar-refractivity contribution is 6.32. The molecule has 5 rings (SSSR count). The minimum Gasteiger partial charge on any atom is -0.486 e. The highest BCUT2D eigenvalue weighted by Gasteiger charge is 2.34. The van der Waals surface area contributed by atoms with Gasteiger partial charge in [-0.3, -0.25) is 14.3 Å². The van der Waals surface area contributed by atoms with Crippen LogP contribution >= 0.6 is 11.6 Å². The van der Waals surface area contributed by atoms with Crippen molar-refractivity contribution < 1.29 is 23.5 Å². The molecule has 0 N–H and O–H groups in total.